The van der Waals surface area contributed by atoms with Crippen molar-refractivity contribution in [2.24, 2.45) is 0 Å². The van der Waals surface area contributed by atoms with Gasteiger partial charge in [0.15, 0.2) is 0 Å². The summed E-state index contributed by atoms with van der Waals surface area (Å²) in [5, 5.41) is 0.844. The molecule has 1 heterocycles. The molecule has 3 aromatic rings. The van der Waals surface area contributed by atoms with Crippen LogP contribution in [0.25, 0.3) is 10.4 Å². The highest BCUT2D eigenvalue weighted by atomic mass is 35.5. The third-order valence-electron chi connectivity index (χ3n) is 4.21. The highest BCUT2D eigenvalue weighted by molar-refractivity contribution is 7.17. The van der Waals surface area contributed by atoms with Crippen molar-refractivity contribution in [3.8, 4) is 16.2 Å². The van der Waals surface area contributed by atoms with Gasteiger partial charge in [0.05, 0.1) is 35.1 Å². The van der Waals surface area contributed by atoms with Crippen molar-refractivity contribution in [2.75, 3.05) is 13.7 Å². The van der Waals surface area contributed by atoms with E-state index in [1.165, 1.54) is 11.3 Å². The van der Waals surface area contributed by atoms with E-state index in [1.54, 1.807) is 56.5 Å². The lowest BCUT2D eigenvalue weighted by atomic mass is 10.0. The van der Waals surface area contributed by atoms with Crippen LogP contribution in [0, 0.1) is 0 Å². The zero-order valence-electron chi connectivity index (χ0n) is 15.8. The molecular formula is C22H18Cl2O4S. The molecule has 3 rings (SSSR count). The molecule has 7 heteroatoms. The first kappa shape index (κ1) is 21.4. The molecule has 150 valence electrons. The summed E-state index contributed by atoms with van der Waals surface area (Å²) in [4.78, 5) is 26.4. The number of methoxy groups -OCH3 is 1. The fourth-order valence-electron chi connectivity index (χ4n) is 2.81. The Morgan fingerprint density at radius 3 is 2.34 bits per heavy atom. The van der Waals surface area contributed by atoms with Crippen molar-refractivity contribution in [3.63, 3.8) is 0 Å². The van der Waals surface area contributed by atoms with E-state index in [9.17, 15) is 9.59 Å². The van der Waals surface area contributed by atoms with Gasteiger partial charge in [0.25, 0.3) is 0 Å². The molecule has 0 fully saturated rings. The topological polar surface area (TPSA) is 52.6 Å². The largest absolute Gasteiger partial charge is 0.497 e. The molecule has 0 aliphatic heterocycles. The quantitative estimate of drug-likeness (QED) is 0.325. The predicted octanol–water partition coefficient (Wildman–Crippen LogP) is 6.07. The molecular weight excluding hydrogens is 431 g/mol. The van der Waals surface area contributed by atoms with E-state index >= 15 is 0 Å². The number of hydrogen-bond donors (Lipinski definition) is 0. The maximum absolute atomic E-state index is 13.0. The van der Waals surface area contributed by atoms with Crippen LogP contribution in [0.5, 0.6) is 5.75 Å². The molecule has 0 bridgehead atoms. The number of carbonyl (C=O) groups is 2. The third-order valence-corrected chi connectivity index (χ3v) is 6.17. The Kier molecular flexibility index (Phi) is 6.96. The minimum atomic E-state index is -0.352. The lowest BCUT2D eigenvalue weighted by Gasteiger charge is -2.05. The summed E-state index contributed by atoms with van der Waals surface area (Å²) in [6, 6.07) is 13.9. The summed E-state index contributed by atoms with van der Waals surface area (Å²) in [7, 11) is 1.57. The maximum Gasteiger partial charge on any atom is 0.310 e. The van der Waals surface area contributed by atoms with E-state index in [0.717, 1.165) is 10.4 Å². The van der Waals surface area contributed by atoms with Gasteiger partial charge in [-0.1, -0.05) is 29.3 Å². The molecule has 0 N–H and O–H groups in total. The van der Waals surface area contributed by atoms with Gasteiger partial charge >= 0.3 is 5.97 Å². The molecule has 0 atom stereocenters. The van der Waals surface area contributed by atoms with Crippen molar-refractivity contribution in [1.29, 1.82) is 0 Å². The summed E-state index contributed by atoms with van der Waals surface area (Å²) in [6.45, 7) is 2.05. The molecule has 4 nitrogen and oxygen atoms in total. The first-order chi connectivity index (χ1) is 13.9. The van der Waals surface area contributed by atoms with Crippen LogP contribution in [0.1, 0.15) is 27.7 Å². The zero-order valence-corrected chi connectivity index (χ0v) is 18.2. The number of benzene rings is 2. The van der Waals surface area contributed by atoms with Gasteiger partial charge in [0, 0.05) is 10.4 Å². The van der Waals surface area contributed by atoms with Gasteiger partial charge in [-0.25, -0.2) is 0 Å². The molecule has 0 aliphatic carbocycles. The van der Waals surface area contributed by atoms with Gasteiger partial charge in [-0.2, -0.15) is 0 Å². The van der Waals surface area contributed by atoms with E-state index in [0.29, 0.717) is 38.4 Å². The number of halogens is 2. The molecule has 2 aromatic carbocycles. The molecule has 0 aliphatic rings. The second kappa shape index (κ2) is 9.44. The number of esters is 1. The van der Waals surface area contributed by atoms with Crippen LogP contribution in [-0.4, -0.2) is 25.5 Å². The number of rotatable bonds is 7. The smallest absolute Gasteiger partial charge is 0.310 e. The average Bonchev–Trinajstić information content (AvgIpc) is 3.13. The first-order valence-electron chi connectivity index (χ1n) is 8.85. The Bertz CT molecular complexity index is 1040. The monoisotopic (exact) mass is 448 g/mol. The fourth-order valence-corrected chi connectivity index (χ4v) is 4.24. The Hall–Kier alpha value is -2.34. The summed E-state index contributed by atoms with van der Waals surface area (Å²) in [5.74, 6) is 0.191. The van der Waals surface area contributed by atoms with E-state index in [-0.39, 0.29) is 18.2 Å². The lowest BCUT2D eigenvalue weighted by molar-refractivity contribution is -0.142. The minimum absolute atomic E-state index is 0.0653. The van der Waals surface area contributed by atoms with Crippen molar-refractivity contribution in [2.45, 2.75) is 13.3 Å². The Morgan fingerprint density at radius 1 is 1.00 bits per heavy atom. The SMILES string of the molecule is CCOC(=O)Cc1cc(C(=O)c2ccc(OC)cc2)sc1-c1ccc(Cl)c(Cl)c1. The van der Waals surface area contributed by atoms with Crippen molar-refractivity contribution in [3.05, 3.63) is 74.6 Å². The van der Waals surface area contributed by atoms with E-state index in [2.05, 4.69) is 0 Å². The normalized spacial score (nSPS) is 10.6. The standard InChI is InChI=1S/C22H18Cl2O4S/c1-3-28-20(25)12-15-11-19(21(26)13-4-7-16(27-2)8-5-13)29-22(15)14-6-9-17(23)18(24)10-14/h4-11H,3,12H2,1-2H3. The van der Waals surface area contributed by atoms with E-state index in [4.69, 9.17) is 32.7 Å². The molecule has 0 unspecified atom stereocenters. The second-order valence-electron chi connectivity index (χ2n) is 6.13. The van der Waals surface area contributed by atoms with Crippen LogP contribution >= 0.6 is 34.5 Å². The van der Waals surface area contributed by atoms with Gasteiger partial charge in [-0.15, -0.1) is 11.3 Å². The summed E-state index contributed by atoms with van der Waals surface area (Å²) >= 11 is 13.5. The van der Waals surface area contributed by atoms with Crippen LogP contribution in [0.4, 0.5) is 0 Å². The molecule has 0 amide bonds. The molecule has 0 spiro atoms. The molecule has 0 radical (unpaired) electrons. The van der Waals surface area contributed by atoms with Crippen molar-refractivity contribution >= 4 is 46.3 Å². The number of thiophene rings is 1. The molecule has 1 aromatic heterocycles. The summed E-state index contributed by atoms with van der Waals surface area (Å²) < 4.78 is 10.2. The summed E-state index contributed by atoms with van der Waals surface area (Å²) in [6.07, 6.45) is 0.0653. The number of ether oxygens (including phenoxy) is 2. The number of hydrogen-bond acceptors (Lipinski definition) is 5. The number of carbonyl (C=O) groups excluding carboxylic acids is 2. The van der Waals surface area contributed by atoms with Gasteiger partial charge in [0.1, 0.15) is 5.75 Å². The fraction of sp³-hybridized carbons (Fsp3) is 0.182. The number of ketones is 1. The Labute approximate surface area is 183 Å². The van der Waals surface area contributed by atoms with Crippen LogP contribution < -0.4 is 4.74 Å². The maximum atomic E-state index is 13.0. The first-order valence-corrected chi connectivity index (χ1v) is 10.4. The predicted molar refractivity (Wildman–Crippen MR) is 117 cm³/mol. The van der Waals surface area contributed by atoms with Gasteiger partial charge in [-0.3, -0.25) is 9.59 Å². The van der Waals surface area contributed by atoms with Gasteiger partial charge in [-0.05, 0) is 60.5 Å². The van der Waals surface area contributed by atoms with Crippen LogP contribution in [0.2, 0.25) is 10.0 Å². The van der Waals surface area contributed by atoms with E-state index in [1.807, 2.05) is 6.07 Å². The third kappa shape index (κ3) is 4.99. The summed E-state index contributed by atoms with van der Waals surface area (Å²) in [5.41, 5.74) is 2.04. The van der Waals surface area contributed by atoms with Crippen LogP contribution in [0.3, 0.4) is 0 Å². The second-order valence-corrected chi connectivity index (χ2v) is 8.00. The molecule has 0 saturated carbocycles. The van der Waals surface area contributed by atoms with E-state index < -0.39 is 0 Å². The van der Waals surface area contributed by atoms with Crippen molar-refractivity contribution < 1.29 is 19.1 Å². The van der Waals surface area contributed by atoms with Crippen LogP contribution in [-0.2, 0) is 16.0 Å². The van der Waals surface area contributed by atoms with Crippen LogP contribution in [0.15, 0.2) is 48.5 Å². The highest BCUT2D eigenvalue weighted by Crippen LogP contribution is 2.37. The molecule has 0 saturated heterocycles. The highest BCUT2D eigenvalue weighted by Gasteiger charge is 2.20. The average molecular weight is 449 g/mol. The van der Waals surface area contributed by atoms with Crippen molar-refractivity contribution in [1.82, 2.24) is 0 Å². The zero-order chi connectivity index (χ0) is 21.0. The lowest BCUT2D eigenvalue weighted by Crippen LogP contribution is -2.07. The minimum Gasteiger partial charge on any atom is -0.497 e. The Morgan fingerprint density at radius 2 is 1.72 bits per heavy atom. The van der Waals surface area contributed by atoms with Gasteiger partial charge < -0.3 is 9.47 Å². The molecule has 29 heavy (non-hydrogen) atoms. The van der Waals surface area contributed by atoms with Gasteiger partial charge in [0.2, 0.25) is 5.78 Å². The Balaban J connectivity index is 2.01.